The molecule has 2 aromatic rings. The number of phenols is 1. The number of aromatic hydroxyl groups is 1. The van der Waals surface area contributed by atoms with Crippen LogP contribution in [0.3, 0.4) is 0 Å². The number of rotatable bonds is 3. The van der Waals surface area contributed by atoms with Crippen LogP contribution in [-0.2, 0) is 4.57 Å². The maximum atomic E-state index is 10.9. The Balaban J connectivity index is 2.33. The van der Waals surface area contributed by atoms with E-state index in [-0.39, 0.29) is 11.4 Å². The quantitative estimate of drug-likeness (QED) is 0.493. The fourth-order valence-corrected chi connectivity index (χ4v) is 1.93. The summed E-state index contributed by atoms with van der Waals surface area (Å²) in [6.07, 6.45) is 1.51. The number of furan rings is 1. The number of anilines is 1. The molecule has 6 nitrogen and oxygen atoms in total. The largest absolute Gasteiger partial charge is 0.506 e. The molecule has 0 radical (unpaired) electrons. The average molecular weight is 254 g/mol. The van der Waals surface area contributed by atoms with Gasteiger partial charge >= 0.3 is 7.67 Å². The van der Waals surface area contributed by atoms with Crippen LogP contribution in [0, 0.1) is 0 Å². The molecular formula is C10H11N2O4P. The molecule has 0 aliphatic rings. The predicted octanol–water partition coefficient (Wildman–Crippen LogP) is 2.12. The van der Waals surface area contributed by atoms with Crippen LogP contribution in [0.5, 0.6) is 5.75 Å². The van der Waals surface area contributed by atoms with Gasteiger partial charge in [0.1, 0.15) is 11.5 Å². The van der Waals surface area contributed by atoms with Crippen molar-refractivity contribution in [1.82, 2.24) is 0 Å². The first-order chi connectivity index (χ1) is 7.96. The Hall–Kier alpha value is -1.75. The van der Waals surface area contributed by atoms with Gasteiger partial charge in [0.2, 0.25) is 0 Å². The summed E-state index contributed by atoms with van der Waals surface area (Å²) >= 11 is 0. The van der Waals surface area contributed by atoms with Crippen molar-refractivity contribution in [2.24, 2.45) is 5.50 Å². The van der Waals surface area contributed by atoms with Gasteiger partial charge in [-0.05, 0) is 30.3 Å². The highest BCUT2D eigenvalue weighted by Crippen LogP contribution is 2.37. The van der Waals surface area contributed by atoms with E-state index < -0.39 is 7.67 Å². The van der Waals surface area contributed by atoms with E-state index in [1.54, 1.807) is 18.2 Å². The van der Waals surface area contributed by atoms with E-state index in [1.165, 1.54) is 18.4 Å². The van der Waals surface area contributed by atoms with Crippen molar-refractivity contribution >= 4 is 13.4 Å². The van der Waals surface area contributed by atoms with Crippen molar-refractivity contribution in [3.63, 3.8) is 0 Å². The zero-order chi connectivity index (χ0) is 12.5. The van der Waals surface area contributed by atoms with Gasteiger partial charge in [0.15, 0.2) is 0 Å². The molecule has 0 aliphatic carbocycles. The van der Waals surface area contributed by atoms with Gasteiger partial charge in [0.25, 0.3) is 0 Å². The molecule has 17 heavy (non-hydrogen) atoms. The van der Waals surface area contributed by atoms with Gasteiger partial charge in [0, 0.05) is 5.56 Å². The third-order valence-electron chi connectivity index (χ3n) is 2.08. The smallest absolute Gasteiger partial charge is 0.360 e. The van der Waals surface area contributed by atoms with Crippen molar-refractivity contribution in [3.05, 3.63) is 36.6 Å². The number of nitrogens with two attached hydrogens (primary N) is 1. The van der Waals surface area contributed by atoms with E-state index in [0.29, 0.717) is 11.3 Å². The van der Waals surface area contributed by atoms with E-state index in [4.69, 9.17) is 14.8 Å². The molecule has 0 saturated heterocycles. The van der Waals surface area contributed by atoms with Crippen molar-refractivity contribution in [3.8, 4) is 17.1 Å². The zero-order valence-corrected chi connectivity index (χ0v) is 9.59. The molecule has 0 aliphatic heterocycles. The maximum Gasteiger partial charge on any atom is 0.360 e. The lowest BCUT2D eigenvalue weighted by atomic mass is 10.1. The predicted molar refractivity (Wildman–Crippen MR) is 63.4 cm³/mol. The Bertz CT molecular complexity index is 562. The Morgan fingerprint density at radius 3 is 2.65 bits per heavy atom. The van der Waals surface area contributed by atoms with Gasteiger partial charge in [0.05, 0.1) is 12.0 Å². The Morgan fingerprint density at radius 2 is 2.12 bits per heavy atom. The lowest BCUT2D eigenvalue weighted by molar-refractivity contribution is 0.472. The molecule has 5 N–H and O–H groups in total. The van der Waals surface area contributed by atoms with Crippen LogP contribution in [0.2, 0.25) is 0 Å². The SMILES string of the molecule is NP(=O)(O)Nc1ccc(-c2ccco2)cc1O. The van der Waals surface area contributed by atoms with Gasteiger partial charge in [-0.25, -0.2) is 10.1 Å². The first-order valence-corrected chi connectivity index (χ1v) is 6.45. The van der Waals surface area contributed by atoms with Gasteiger partial charge in [-0.15, -0.1) is 0 Å². The summed E-state index contributed by atoms with van der Waals surface area (Å²) in [6, 6.07) is 7.96. The second kappa shape index (κ2) is 4.25. The molecule has 0 spiro atoms. The molecule has 0 bridgehead atoms. The molecule has 1 aromatic carbocycles. The summed E-state index contributed by atoms with van der Waals surface area (Å²) in [7, 11) is -3.92. The Labute approximate surface area is 97.2 Å². The number of benzene rings is 1. The molecule has 90 valence electrons. The maximum absolute atomic E-state index is 10.9. The van der Waals surface area contributed by atoms with Gasteiger partial charge in [-0.1, -0.05) is 0 Å². The monoisotopic (exact) mass is 254 g/mol. The third kappa shape index (κ3) is 2.88. The minimum atomic E-state index is -3.92. The van der Waals surface area contributed by atoms with E-state index in [9.17, 15) is 9.67 Å². The summed E-state index contributed by atoms with van der Waals surface area (Å²) in [4.78, 5) is 8.94. The Morgan fingerprint density at radius 1 is 1.35 bits per heavy atom. The van der Waals surface area contributed by atoms with Crippen LogP contribution in [0.1, 0.15) is 0 Å². The number of nitrogens with one attached hydrogen (secondary N) is 1. The lowest BCUT2D eigenvalue weighted by Gasteiger charge is -2.11. The zero-order valence-electron chi connectivity index (χ0n) is 8.70. The molecule has 0 fully saturated rings. The van der Waals surface area contributed by atoms with Crippen molar-refractivity contribution < 1.29 is 19.0 Å². The third-order valence-corrected chi connectivity index (χ3v) is 2.65. The Kier molecular flexibility index (Phi) is 2.93. The molecule has 2 rings (SSSR count). The molecule has 1 heterocycles. The van der Waals surface area contributed by atoms with E-state index in [2.05, 4.69) is 5.09 Å². The number of phenolic OH excluding ortho intramolecular Hbond substituents is 1. The molecule has 0 saturated carbocycles. The average Bonchev–Trinajstić information content (AvgIpc) is 2.72. The standard InChI is InChI=1S/C10H11N2O4P/c11-17(14,15)12-8-4-3-7(6-9(8)13)10-2-1-5-16-10/h1-6,13H,(H4,11,12,14,15). The molecule has 1 unspecified atom stereocenters. The molecule has 1 atom stereocenters. The summed E-state index contributed by atoms with van der Waals surface area (Å²) in [6.45, 7) is 0. The highest BCUT2D eigenvalue weighted by Gasteiger charge is 2.13. The van der Waals surface area contributed by atoms with E-state index in [0.717, 1.165) is 0 Å². The minimum Gasteiger partial charge on any atom is -0.506 e. The normalized spacial score (nSPS) is 14.2. The molecule has 7 heteroatoms. The first kappa shape index (κ1) is 11.7. The second-order valence-corrected chi connectivity index (χ2v) is 4.91. The summed E-state index contributed by atoms with van der Waals surface area (Å²) in [5.74, 6) is 0.408. The minimum absolute atomic E-state index is 0.0913. The second-order valence-electron chi connectivity index (χ2n) is 3.44. The summed E-state index contributed by atoms with van der Waals surface area (Å²) in [5.41, 5.74) is 5.69. The van der Waals surface area contributed by atoms with Crippen LogP contribution in [-0.4, -0.2) is 10.00 Å². The fourth-order valence-electron chi connectivity index (χ4n) is 1.39. The van der Waals surface area contributed by atoms with Crippen molar-refractivity contribution in [1.29, 1.82) is 0 Å². The fraction of sp³-hybridized carbons (Fsp3) is 0. The van der Waals surface area contributed by atoms with Crippen LogP contribution in [0.15, 0.2) is 41.0 Å². The highest BCUT2D eigenvalue weighted by molar-refractivity contribution is 7.57. The molecule has 0 amide bonds. The van der Waals surface area contributed by atoms with Crippen LogP contribution in [0.25, 0.3) is 11.3 Å². The van der Waals surface area contributed by atoms with Gasteiger partial charge < -0.3 is 14.4 Å². The van der Waals surface area contributed by atoms with E-state index in [1.807, 2.05) is 0 Å². The topological polar surface area (TPSA) is 109 Å². The van der Waals surface area contributed by atoms with E-state index >= 15 is 0 Å². The summed E-state index contributed by atoms with van der Waals surface area (Å²) in [5, 5.41) is 11.8. The van der Waals surface area contributed by atoms with Crippen molar-refractivity contribution in [2.75, 3.05) is 5.09 Å². The van der Waals surface area contributed by atoms with Crippen LogP contribution in [0.4, 0.5) is 5.69 Å². The lowest BCUT2D eigenvalue weighted by Crippen LogP contribution is -2.04. The van der Waals surface area contributed by atoms with Crippen molar-refractivity contribution in [2.45, 2.75) is 0 Å². The molecule has 1 aromatic heterocycles. The van der Waals surface area contributed by atoms with Crippen LogP contribution < -0.4 is 10.6 Å². The first-order valence-electron chi connectivity index (χ1n) is 4.72. The number of hydrogen-bond acceptors (Lipinski definition) is 3. The summed E-state index contributed by atoms with van der Waals surface area (Å²) < 4.78 is 16.1. The highest BCUT2D eigenvalue weighted by atomic mass is 31.2. The van der Waals surface area contributed by atoms with Crippen LogP contribution >= 0.6 is 7.67 Å². The molecular weight excluding hydrogens is 243 g/mol. The van der Waals surface area contributed by atoms with Gasteiger partial charge in [-0.3, -0.25) is 5.09 Å². The van der Waals surface area contributed by atoms with Gasteiger partial charge in [-0.2, -0.15) is 0 Å². The number of hydrogen-bond donors (Lipinski definition) is 4.